The van der Waals surface area contributed by atoms with Crippen LogP contribution in [0.5, 0.6) is 0 Å². The molecular formula is C21H42N2. The minimum absolute atomic E-state index is 0.625. The molecule has 0 amide bonds. The largest absolute Gasteiger partial charge is 0.359 e. The molecule has 0 spiro atoms. The molecule has 23 heavy (non-hydrogen) atoms. The Labute approximate surface area is 146 Å². The summed E-state index contributed by atoms with van der Waals surface area (Å²) in [7, 11) is 2.23. The van der Waals surface area contributed by atoms with Gasteiger partial charge in [-0.2, -0.15) is 0 Å². The smallest absolute Gasteiger partial charge is 0.100 e. The highest BCUT2D eigenvalue weighted by Crippen LogP contribution is 2.20. The fraction of sp³-hybridized carbons (Fsp3) is 0.905. The average Bonchev–Trinajstić information content (AvgIpc) is 2.90. The molecule has 0 fully saturated rings. The van der Waals surface area contributed by atoms with Crippen LogP contribution in [0.4, 0.5) is 0 Å². The van der Waals surface area contributed by atoms with Crippen LogP contribution in [-0.4, -0.2) is 29.6 Å². The molecule has 0 aliphatic carbocycles. The van der Waals surface area contributed by atoms with Gasteiger partial charge in [-0.1, -0.05) is 84.5 Å². The highest BCUT2D eigenvalue weighted by Gasteiger charge is 2.22. The van der Waals surface area contributed by atoms with Crippen molar-refractivity contribution in [3.05, 3.63) is 12.4 Å². The Hall–Kier alpha value is -0.660. The zero-order chi connectivity index (χ0) is 16.8. The molecule has 0 saturated heterocycles. The van der Waals surface area contributed by atoms with Gasteiger partial charge in [-0.25, -0.2) is 0 Å². The molecule has 1 rings (SSSR count). The van der Waals surface area contributed by atoms with E-state index in [0.29, 0.717) is 6.17 Å². The van der Waals surface area contributed by atoms with Gasteiger partial charge in [0.2, 0.25) is 0 Å². The molecule has 2 heteroatoms. The third kappa shape index (κ3) is 9.27. The summed E-state index contributed by atoms with van der Waals surface area (Å²) in [4.78, 5) is 4.96. The SMILES string of the molecule is CCCCCCCCCCCCN1C=CN(C)C1CCCCC. The molecule has 0 radical (unpaired) electrons. The van der Waals surface area contributed by atoms with Crippen LogP contribution in [0.3, 0.4) is 0 Å². The molecule has 1 heterocycles. The highest BCUT2D eigenvalue weighted by atomic mass is 15.4. The maximum absolute atomic E-state index is 2.57. The Kier molecular flexibility index (Phi) is 12.2. The van der Waals surface area contributed by atoms with Gasteiger partial charge < -0.3 is 9.80 Å². The van der Waals surface area contributed by atoms with Crippen LogP contribution < -0.4 is 0 Å². The van der Waals surface area contributed by atoms with Crippen molar-refractivity contribution < 1.29 is 0 Å². The number of hydrogen-bond donors (Lipinski definition) is 0. The lowest BCUT2D eigenvalue weighted by Crippen LogP contribution is -2.36. The van der Waals surface area contributed by atoms with Crippen molar-refractivity contribution in [2.45, 2.75) is 110 Å². The van der Waals surface area contributed by atoms with Crippen molar-refractivity contribution in [2.24, 2.45) is 0 Å². The molecule has 0 aromatic rings. The Morgan fingerprint density at radius 3 is 1.78 bits per heavy atom. The highest BCUT2D eigenvalue weighted by molar-refractivity contribution is 4.95. The molecular weight excluding hydrogens is 280 g/mol. The second kappa shape index (κ2) is 13.7. The normalized spacial score (nSPS) is 17.4. The van der Waals surface area contributed by atoms with Gasteiger partial charge in [0.25, 0.3) is 0 Å². The van der Waals surface area contributed by atoms with Gasteiger partial charge in [-0.3, -0.25) is 0 Å². The Bertz CT molecular complexity index is 288. The predicted molar refractivity (Wildman–Crippen MR) is 103 cm³/mol. The summed E-state index contributed by atoms with van der Waals surface area (Å²) in [6.45, 7) is 5.83. The molecule has 2 nitrogen and oxygen atoms in total. The van der Waals surface area contributed by atoms with E-state index in [1.165, 1.54) is 96.4 Å². The van der Waals surface area contributed by atoms with Gasteiger partial charge in [0.05, 0.1) is 0 Å². The van der Waals surface area contributed by atoms with E-state index in [9.17, 15) is 0 Å². The molecule has 0 N–H and O–H groups in total. The minimum Gasteiger partial charge on any atom is -0.359 e. The van der Waals surface area contributed by atoms with Crippen molar-refractivity contribution in [3.63, 3.8) is 0 Å². The van der Waals surface area contributed by atoms with Crippen LogP contribution in [0.25, 0.3) is 0 Å². The molecule has 0 aromatic carbocycles. The maximum atomic E-state index is 2.57. The summed E-state index contributed by atoms with van der Waals surface area (Å²) < 4.78 is 0. The van der Waals surface area contributed by atoms with E-state index in [-0.39, 0.29) is 0 Å². The summed E-state index contributed by atoms with van der Waals surface area (Å²) in [5.74, 6) is 0. The lowest BCUT2D eigenvalue weighted by atomic mass is 10.1. The monoisotopic (exact) mass is 322 g/mol. The zero-order valence-electron chi connectivity index (χ0n) is 16.2. The maximum Gasteiger partial charge on any atom is 0.100 e. The topological polar surface area (TPSA) is 6.48 Å². The first-order chi connectivity index (χ1) is 11.3. The van der Waals surface area contributed by atoms with Gasteiger partial charge in [-0.15, -0.1) is 0 Å². The average molecular weight is 323 g/mol. The summed E-state index contributed by atoms with van der Waals surface area (Å²) >= 11 is 0. The van der Waals surface area contributed by atoms with E-state index in [2.05, 4.69) is 43.1 Å². The summed E-state index contributed by atoms with van der Waals surface area (Å²) in [6, 6.07) is 0. The minimum atomic E-state index is 0.625. The van der Waals surface area contributed by atoms with E-state index in [4.69, 9.17) is 0 Å². The number of unbranched alkanes of at least 4 members (excludes halogenated alkanes) is 11. The molecule has 1 unspecified atom stereocenters. The molecule has 1 aliphatic heterocycles. The van der Waals surface area contributed by atoms with E-state index >= 15 is 0 Å². The standard InChI is InChI=1S/C21H42N2/c1-4-6-8-9-10-11-12-13-14-16-18-23-20-19-22(3)21(23)17-15-7-5-2/h19-21H,4-18H2,1-3H3. The van der Waals surface area contributed by atoms with E-state index < -0.39 is 0 Å². The summed E-state index contributed by atoms with van der Waals surface area (Å²) in [6.07, 6.45) is 24.8. The molecule has 0 bridgehead atoms. The van der Waals surface area contributed by atoms with Crippen molar-refractivity contribution in [1.82, 2.24) is 9.80 Å². The van der Waals surface area contributed by atoms with Crippen LogP contribution in [-0.2, 0) is 0 Å². The first-order valence-corrected chi connectivity index (χ1v) is 10.5. The van der Waals surface area contributed by atoms with Gasteiger partial charge in [-0.05, 0) is 19.3 Å². The quantitative estimate of drug-likeness (QED) is 0.316. The molecule has 1 aliphatic rings. The van der Waals surface area contributed by atoms with Crippen molar-refractivity contribution in [2.75, 3.05) is 13.6 Å². The molecule has 0 aromatic heterocycles. The van der Waals surface area contributed by atoms with Crippen molar-refractivity contribution in [1.29, 1.82) is 0 Å². The van der Waals surface area contributed by atoms with Crippen LogP contribution in [0.15, 0.2) is 12.4 Å². The summed E-state index contributed by atoms with van der Waals surface area (Å²) in [5, 5.41) is 0. The lowest BCUT2D eigenvalue weighted by molar-refractivity contribution is 0.159. The van der Waals surface area contributed by atoms with E-state index in [0.717, 1.165) is 0 Å². The van der Waals surface area contributed by atoms with Crippen molar-refractivity contribution >= 4 is 0 Å². The third-order valence-corrected chi connectivity index (χ3v) is 5.18. The second-order valence-corrected chi connectivity index (χ2v) is 7.36. The molecule has 136 valence electrons. The zero-order valence-corrected chi connectivity index (χ0v) is 16.2. The fourth-order valence-electron chi connectivity index (χ4n) is 3.58. The van der Waals surface area contributed by atoms with Gasteiger partial charge >= 0.3 is 0 Å². The number of hydrogen-bond acceptors (Lipinski definition) is 2. The lowest BCUT2D eigenvalue weighted by Gasteiger charge is -2.30. The van der Waals surface area contributed by atoms with Gasteiger partial charge in [0.15, 0.2) is 0 Å². The Morgan fingerprint density at radius 1 is 0.652 bits per heavy atom. The van der Waals surface area contributed by atoms with E-state index in [1.807, 2.05) is 0 Å². The Balaban J connectivity index is 1.98. The van der Waals surface area contributed by atoms with Crippen molar-refractivity contribution in [3.8, 4) is 0 Å². The number of rotatable bonds is 15. The molecule has 1 atom stereocenters. The first kappa shape index (κ1) is 20.4. The number of nitrogens with zero attached hydrogens (tertiary/aromatic N) is 2. The van der Waals surface area contributed by atoms with Crippen LogP contribution in [0.2, 0.25) is 0 Å². The second-order valence-electron chi connectivity index (χ2n) is 7.36. The third-order valence-electron chi connectivity index (χ3n) is 5.18. The van der Waals surface area contributed by atoms with Gasteiger partial charge in [0.1, 0.15) is 6.17 Å². The predicted octanol–water partition coefficient (Wildman–Crippen LogP) is 6.53. The first-order valence-electron chi connectivity index (χ1n) is 10.5. The van der Waals surface area contributed by atoms with Crippen LogP contribution in [0, 0.1) is 0 Å². The van der Waals surface area contributed by atoms with Crippen LogP contribution in [0.1, 0.15) is 104 Å². The summed E-state index contributed by atoms with van der Waals surface area (Å²) in [5.41, 5.74) is 0. The van der Waals surface area contributed by atoms with Crippen LogP contribution >= 0.6 is 0 Å². The molecule has 0 saturated carbocycles. The fourth-order valence-corrected chi connectivity index (χ4v) is 3.58. The van der Waals surface area contributed by atoms with E-state index in [1.54, 1.807) is 0 Å². The Morgan fingerprint density at radius 2 is 1.17 bits per heavy atom. The van der Waals surface area contributed by atoms with Gasteiger partial charge in [0, 0.05) is 26.0 Å².